The molecule has 2 rings (SSSR count). The van der Waals surface area contributed by atoms with Gasteiger partial charge in [0.25, 0.3) is 0 Å². The van der Waals surface area contributed by atoms with Gasteiger partial charge in [0.1, 0.15) is 12.4 Å². The molecule has 1 heterocycles. The predicted molar refractivity (Wildman–Crippen MR) is 99.3 cm³/mol. The van der Waals surface area contributed by atoms with Crippen molar-refractivity contribution in [3.63, 3.8) is 0 Å². The number of likely N-dealkylation sites (tertiary alicyclic amines) is 1. The Hall–Kier alpha value is -2.12. The number of carbonyl (C=O) groups excluding carboxylic acids is 1. The topological polar surface area (TPSA) is 82.1 Å². The molecule has 0 unspecified atom stereocenters. The van der Waals surface area contributed by atoms with Gasteiger partial charge in [-0.1, -0.05) is 25.1 Å². The van der Waals surface area contributed by atoms with Gasteiger partial charge in [0.2, 0.25) is 5.91 Å². The summed E-state index contributed by atoms with van der Waals surface area (Å²) in [5, 5.41) is 11.9. The van der Waals surface area contributed by atoms with Gasteiger partial charge in [0.15, 0.2) is 0 Å². The minimum atomic E-state index is -0.786. The fourth-order valence-electron chi connectivity index (χ4n) is 3.25. The average Bonchev–Trinajstić information content (AvgIpc) is 2.65. The van der Waals surface area contributed by atoms with E-state index in [2.05, 4.69) is 10.2 Å². The van der Waals surface area contributed by atoms with Gasteiger partial charge in [-0.25, -0.2) is 0 Å². The summed E-state index contributed by atoms with van der Waals surface area (Å²) >= 11 is 0. The smallest absolute Gasteiger partial charge is 0.317 e. The molecule has 0 spiro atoms. The summed E-state index contributed by atoms with van der Waals surface area (Å²) < 4.78 is 5.55. The Bertz CT molecular complexity index is 559. The molecule has 1 fully saturated rings. The number of amides is 1. The molecule has 0 aliphatic carbocycles. The van der Waals surface area contributed by atoms with Crippen molar-refractivity contribution in [2.45, 2.75) is 25.8 Å². The van der Waals surface area contributed by atoms with Gasteiger partial charge in [-0.2, -0.15) is 0 Å². The zero-order valence-electron chi connectivity index (χ0n) is 15.4. The summed E-state index contributed by atoms with van der Waals surface area (Å²) in [5.74, 6) is 0.00929. The van der Waals surface area contributed by atoms with Gasteiger partial charge in [0.05, 0.1) is 19.6 Å². The lowest BCUT2D eigenvalue weighted by atomic mass is 10.0. The number of hydrogen-bond acceptors (Lipinski definition) is 5. The van der Waals surface area contributed by atoms with Crippen LogP contribution >= 0.6 is 0 Å². The number of piperidine rings is 1. The number of para-hydroxylation sites is 1. The Morgan fingerprint density at radius 2 is 1.96 bits per heavy atom. The summed E-state index contributed by atoms with van der Waals surface area (Å²) in [4.78, 5) is 27.1. The highest BCUT2D eigenvalue weighted by atomic mass is 16.5. The number of carbonyl (C=O) groups is 2. The molecule has 1 saturated heterocycles. The molecular formula is C19H29N3O4. The molecule has 0 radical (unpaired) electrons. The Labute approximate surface area is 154 Å². The molecule has 7 nitrogen and oxygen atoms in total. The molecule has 0 atom stereocenters. The van der Waals surface area contributed by atoms with Crippen LogP contribution in [0.25, 0.3) is 0 Å². The molecule has 0 saturated carbocycles. The van der Waals surface area contributed by atoms with E-state index in [1.165, 1.54) is 0 Å². The van der Waals surface area contributed by atoms with E-state index in [-0.39, 0.29) is 18.5 Å². The number of carboxylic acids is 1. The van der Waals surface area contributed by atoms with Crippen LogP contribution in [0.15, 0.2) is 30.3 Å². The highest BCUT2D eigenvalue weighted by Gasteiger charge is 2.25. The zero-order chi connectivity index (χ0) is 18.8. The van der Waals surface area contributed by atoms with Crippen LogP contribution in [-0.4, -0.2) is 78.7 Å². The number of rotatable bonds is 10. The van der Waals surface area contributed by atoms with Crippen LogP contribution in [0.4, 0.5) is 0 Å². The maximum Gasteiger partial charge on any atom is 0.317 e. The minimum Gasteiger partial charge on any atom is -0.492 e. The standard InChI is InChI=1S/C19H29N3O4/c1-2-22(15-19(24)25)16-8-11-21(12-9-16)14-18(23)20-10-13-26-17-6-4-3-5-7-17/h3-7,16H,2,8-15H2,1H3,(H,20,23)(H,24,25). The van der Waals surface area contributed by atoms with Gasteiger partial charge in [-0.15, -0.1) is 0 Å². The number of aliphatic carboxylic acids is 1. The van der Waals surface area contributed by atoms with Crippen molar-refractivity contribution < 1.29 is 19.4 Å². The second-order valence-corrected chi connectivity index (χ2v) is 6.48. The van der Waals surface area contributed by atoms with Crippen molar-refractivity contribution in [3.8, 4) is 5.75 Å². The normalized spacial score (nSPS) is 15.8. The molecule has 2 N–H and O–H groups in total. The average molecular weight is 363 g/mol. The third kappa shape index (κ3) is 7.01. The number of carboxylic acid groups (broad SMARTS) is 1. The highest BCUT2D eigenvalue weighted by Crippen LogP contribution is 2.16. The van der Waals surface area contributed by atoms with Crippen molar-refractivity contribution in [3.05, 3.63) is 30.3 Å². The number of benzene rings is 1. The number of nitrogens with one attached hydrogen (secondary N) is 1. The molecule has 7 heteroatoms. The van der Waals surface area contributed by atoms with E-state index in [1.54, 1.807) is 0 Å². The van der Waals surface area contributed by atoms with Crippen LogP contribution in [0.2, 0.25) is 0 Å². The van der Waals surface area contributed by atoms with E-state index in [9.17, 15) is 9.59 Å². The molecule has 0 aromatic heterocycles. The Morgan fingerprint density at radius 3 is 2.58 bits per heavy atom. The molecule has 1 aliphatic heterocycles. The molecule has 1 aliphatic rings. The lowest BCUT2D eigenvalue weighted by molar-refractivity contribution is -0.139. The van der Waals surface area contributed by atoms with Crippen molar-refractivity contribution in [1.82, 2.24) is 15.1 Å². The van der Waals surface area contributed by atoms with E-state index in [1.807, 2.05) is 42.2 Å². The first-order valence-electron chi connectivity index (χ1n) is 9.21. The Kier molecular flexibility index (Phi) is 8.37. The van der Waals surface area contributed by atoms with Crippen LogP contribution in [0.5, 0.6) is 5.75 Å². The first-order valence-corrected chi connectivity index (χ1v) is 9.21. The highest BCUT2D eigenvalue weighted by molar-refractivity contribution is 5.78. The summed E-state index contributed by atoms with van der Waals surface area (Å²) in [6.45, 7) is 5.74. The fraction of sp³-hybridized carbons (Fsp3) is 0.579. The second-order valence-electron chi connectivity index (χ2n) is 6.48. The monoisotopic (exact) mass is 363 g/mol. The van der Waals surface area contributed by atoms with Gasteiger partial charge in [0, 0.05) is 19.1 Å². The zero-order valence-corrected chi connectivity index (χ0v) is 15.4. The molecule has 26 heavy (non-hydrogen) atoms. The molecule has 1 aromatic rings. The van der Waals surface area contributed by atoms with Gasteiger partial charge >= 0.3 is 5.97 Å². The summed E-state index contributed by atoms with van der Waals surface area (Å²) in [7, 11) is 0. The summed E-state index contributed by atoms with van der Waals surface area (Å²) in [6, 6.07) is 9.81. The Balaban J connectivity index is 1.61. The van der Waals surface area contributed by atoms with E-state index in [4.69, 9.17) is 9.84 Å². The lowest BCUT2D eigenvalue weighted by Gasteiger charge is -2.37. The quantitative estimate of drug-likeness (QED) is 0.605. The number of nitrogens with zero attached hydrogens (tertiary/aromatic N) is 2. The van der Waals surface area contributed by atoms with Gasteiger partial charge in [-0.05, 0) is 31.5 Å². The fourth-order valence-corrected chi connectivity index (χ4v) is 3.25. The van der Waals surface area contributed by atoms with Crippen LogP contribution in [0.1, 0.15) is 19.8 Å². The van der Waals surface area contributed by atoms with E-state index in [0.717, 1.165) is 38.2 Å². The third-order valence-corrected chi connectivity index (χ3v) is 4.62. The maximum atomic E-state index is 12.0. The predicted octanol–water partition coefficient (Wildman–Crippen LogP) is 1.05. The molecule has 144 valence electrons. The van der Waals surface area contributed by atoms with E-state index in [0.29, 0.717) is 19.7 Å². The van der Waals surface area contributed by atoms with Crippen LogP contribution < -0.4 is 10.1 Å². The van der Waals surface area contributed by atoms with E-state index >= 15 is 0 Å². The number of likely N-dealkylation sites (N-methyl/N-ethyl adjacent to an activating group) is 1. The first-order chi connectivity index (χ1) is 12.6. The van der Waals surface area contributed by atoms with Crippen LogP contribution in [0, 0.1) is 0 Å². The van der Waals surface area contributed by atoms with Crippen molar-refractivity contribution in [2.75, 3.05) is 45.9 Å². The summed E-state index contributed by atoms with van der Waals surface area (Å²) in [5.41, 5.74) is 0. The molecule has 1 amide bonds. The van der Waals surface area contributed by atoms with Crippen LogP contribution in [0.3, 0.4) is 0 Å². The van der Waals surface area contributed by atoms with Gasteiger partial charge in [-0.3, -0.25) is 19.4 Å². The van der Waals surface area contributed by atoms with E-state index < -0.39 is 5.97 Å². The number of ether oxygens (including phenoxy) is 1. The van der Waals surface area contributed by atoms with Gasteiger partial charge < -0.3 is 15.2 Å². The first kappa shape index (κ1) is 20.2. The largest absolute Gasteiger partial charge is 0.492 e. The molecular weight excluding hydrogens is 334 g/mol. The minimum absolute atomic E-state index is 0.00186. The number of hydrogen-bond donors (Lipinski definition) is 2. The second kappa shape index (κ2) is 10.8. The molecule has 0 bridgehead atoms. The van der Waals surface area contributed by atoms with Crippen molar-refractivity contribution in [2.24, 2.45) is 0 Å². The lowest BCUT2D eigenvalue weighted by Crippen LogP contribution is -2.48. The SMILES string of the molecule is CCN(CC(=O)O)C1CCN(CC(=O)NCCOc2ccccc2)CC1. The van der Waals surface area contributed by atoms with Crippen molar-refractivity contribution in [1.29, 1.82) is 0 Å². The maximum absolute atomic E-state index is 12.0. The summed E-state index contributed by atoms with van der Waals surface area (Å²) in [6.07, 6.45) is 1.79. The Morgan fingerprint density at radius 1 is 1.27 bits per heavy atom. The third-order valence-electron chi connectivity index (χ3n) is 4.62. The van der Waals surface area contributed by atoms with Crippen molar-refractivity contribution >= 4 is 11.9 Å². The van der Waals surface area contributed by atoms with Crippen LogP contribution in [-0.2, 0) is 9.59 Å². The molecule has 1 aromatic carbocycles.